The summed E-state index contributed by atoms with van der Waals surface area (Å²) in [4.78, 5) is 17.4. The number of benzene rings is 1. The number of anilines is 1. The molecule has 0 aliphatic carbocycles. The number of nitrogens with one attached hydrogen (secondary N) is 1. The molecule has 3 aromatic rings. The molecule has 0 unspecified atom stereocenters. The number of nitrogens with zero attached hydrogens (tertiary/aromatic N) is 4. The zero-order valence-electron chi connectivity index (χ0n) is 18.4. The molecule has 0 spiro atoms. The van der Waals surface area contributed by atoms with E-state index in [-0.39, 0.29) is 22.8 Å². The van der Waals surface area contributed by atoms with Crippen molar-refractivity contribution < 1.29 is 17.9 Å². The molecule has 4 rings (SSSR count). The quantitative estimate of drug-likeness (QED) is 0.610. The van der Waals surface area contributed by atoms with Crippen molar-refractivity contribution in [3.8, 4) is 5.75 Å². The number of pyridine rings is 1. The van der Waals surface area contributed by atoms with Gasteiger partial charge in [0.1, 0.15) is 5.75 Å². The second kappa shape index (κ2) is 8.87. The number of sulfonamides is 1. The second-order valence-corrected chi connectivity index (χ2v) is 10.1. The van der Waals surface area contributed by atoms with Crippen molar-refractivity contribution in [1.29, 1.82) is 0 Å². The summed E-state index contributed by atoms with van der Waals surface area (Å²) in [5.41, 5.74) is 1.38. The monoisotopic (exact) mass is 457 g/mol. The number of ether oxygens (including phenoxy) is 1. The van der Waals surface area contributed by atoms with Crippen molar-refractivity contribution in [3.63, 3.8) is 0 Å². The van der Waals surface area contributed by atoms with Crippen LogP contribution < -0.4 is 10.1 Å². The Morgan fingerprint density at radius 1 is 1.16 bits per heavy atom. The highest BCUT2D eigenvalue weighted by atomic mass is 32.2. The van der Waals surface area contributed by atoms with E-state index in [0.29, 0.717) is 37.4 Å². The van der Waals surface area contributed by atoms with Crippen LogP contribution in [0.2, 0.25) is 0 Å². The van der Waals surface area contributed by atoms with E-state index >= 15 is 0 Å². The molecule has 170 valence electrons. The summed E-state index contributed by atoms with van der Waals surface area (Å²) in [5, 5.41) is 8.12. The van der Waals surface area contributed by atoms with Crippen LogP contribution in [0.4, 0.5) is 5.69 Å². The number of piperidine rings is 1. The number of methoxy groups -OCH3 is 1. The zero-order valence-corrected chi connectivity index (χ0v) is 19.2. The molecule has 0 radical (unpaired) electrons. The molecular weight excluding hydrogens is 430 g/mol. The van der Waals surface area contributed by atoms with Crippen molar-refractivity contribution in [2.45, 2.75) is 37.6 Å². The molecule has 3 heterocycles. The highest BCUT2D eigenvalue weighted by molar-refractivity contribution is 7.89. The van der Waals surface area contributed by atoms with Crippen molar-refractivity contribution in [3.05, 3.63) is 42.7 Å². The summed E-state index contributed by atoms with van der Waals surface area (Å²) < 4.78 is 34.2. The first-order chi connectivity index (χ1) is 15.3. The van der Waals surface area contributed by atoms with Crippen LogP contribution in [0.5, 0.6) is 5.75 Å². The van der Waals surface area contributed by atoms with Crippen LogP contribution in [-0.2, 0) is 14.8 Å². The zero-order chi connectivity index (χ0) is 22.9. The molecule has 2 aromatic heterocycles. The Morgan fingerprint density at radius 3 is 2.47 bits per heavy atom. The molecule has 1 saturated heterocycles. The van der Waals surface area contributed by atoms with Gasteiger partial charge in [0, 0.05) is 30.4 Å². The molecule has 0 bridgehead atoms. The van der Waals surface area contributed by atoms with Gasteiger partial charge < -0.3 is 10.1 Å². The van der Waals surface area contributed by atoms with Crippen molar-refractivity contribution in [2.75, 3.05) is 25.5 Å². The van der Waals surface area contributed by atoms with Crippen LogP contribution >= 0.6 is 0 Å². The van der Waals surface area contributed by atoms with Gasteiger partial charge >= 0.3 is 0 Å². The predicted octanol–water partition coefficient (Wildman–Crippen LogP) is 3.06. The van der Waals surface area contributed by atoms with Crippen LogP contribution in [-0.4, -0.2) is 53.6 Å². The van der Waals surface area contributed by atoms with Gasteiger partial charge in [0.25, 0.3) is 0 Å². The molecule has 1 aromatic carbocycles. The Kier molecular flexibility index (Phi) is 6.16. The van der Waals surface area contributed by atoms with Crippen molar-refractivity contribution in [1.82, 2.24) is 19.1 Å². The Hall–Kier alpha value is -2.98. The van der Waals surface area contributed by atoms with Gasteiger partial charge in [0.15, 0.2) is 5.65 Å². The van der Waals surface area contributed by atoms with E-state index in [9.17, 15) is 13.2 Å². The van der Waals surface area contributed by atoms with Crippen molar-refractivity contribution >= 4 is 32.7 Å². The Bertz CT molecular complexity index is 1210. The highest BCUT2D eigenvalue weighted by Gasteiger charge is 2.32. The third-order valence-electron chi connectivity index (χ3n) is 5.71. The summed E-state index contributed by atoms with van der Waals surface area (Å²) in [5.74, 6) is 0.221. The largest absolute Gasteiger partial charge is 0.497 e. The van der Waals surface area contributed by atoms with E-state index in [1.54, 1.807) is 24.5 Å². The first kappa shape index (κ1) is 22.2. The maximum atomic E-state index is 12.9. The van der Waals surface area contributed by atoms with E-state index in [4.69, 9.17) is 4.74 Å². The van der Waals surface area contributed by atoms with Crippen LogP contribution in [0, 0.1) is 5.92 Å². The topological polar surface area (TPSA) is 106 Å². The fourth-order valence-electron chi connectivity index (χ4n) is 3.89. The minimum Gasteiger partial charge on any atom is -0.497 e. The molecule has 1 aliphatic rings. The first-order valence-electron chi connectivity index (χ1n) is 10.6. The lowest BCUT2D eigenvalue weighted by Gasteiger charge is -2.30. The van der Waals surface area contributed by atoms with Gasteiger partial charge in [0.05, 0.1) is 30.1 Å². The summed E-state index contributed by atoms with van der Waals surface area (Å²) in [6.45, 7) is 4.66. The number of aromatic nitrogens is 3. The SMILES string of the molecule is COc1ccc(S(=O)(=O)N2CCC(C(=O)Nc3cnc4c(cnn4C(C)C)c3)CC2)cc1. The standard InChI is InChI=1S/C22H27N5O4S/c1-15(2)27-21-17(13-24-27)12-18(14-23-21)25-22(28)16-8-10-26(11-9-16)32(29,30)20-6-4-19(31-3)5-7-20/h4-7,12-16H,8-11H2,1-3H3,(H,25,28). The Labute approximate surface area is 187 Å². The average molecular weight is 458 g/mol. The first-order valence-corrected chi connectivity index (χ1v) is 12.0. The molecular formula is C22H27N5O4S. The average Bonchev–Trinajstić information content (AvgIpc) is 3.23. The summed E-state index contributed by atoms with van der Waals surface area (Å²) >= 11 is 0. The number of fused-ring (bicyclic) bond motifs is 1. The summed E-state index contributed by atoms with van der Waals surface area (Å²) in [6, 6.07) is 8.38. The number of carbonyl (C=O) groups is 1. The van der Waals surface area contributed by atoms with Gasteiger partial charge in [-0.15, -0.1) is 0 Å². The van der Waals surface area contributed by atoms with E-state index in [0.717, 1.165) is 11.0 Å². The number of carbonyl (C=O) groups excluding carboxylic acids is 1. The lowest BCUT2D eigenvalue weighted by molar-refractivity contribution is -0.120. The molecule has 0 atom stereocenters. The number of amides is 1. The highest BCUT2D eigenvalue weighted by Crippen LogP contribution is 2.26. The van der Waals surface area contributed by atoms with Crippen LogP contribution in [0.15, 0.2) is 47.6 Å². The van der Waals surface area contributed by atoms with Gasteiger partial charge in [-0.3, -0.25) is 4.79 Å². The molecule has 1 fully saturated rings. The lowest BCUT2D eigenvalue weighted by Crippen LogP contribution is -2.41. The minimum atomic E-state index is -3.60. The van der Waals surface area contributed by atoms with Gasteiger partial charge in [0.2, 0.25) is 15.9 Å². The van der Waals surface area contributed by atoms with E-state index in [2.05, 4.69) is 15.4 Å². The van der Waals surface area contributed by atoms with Gasteiger partial charge in [-0.05, 0) is 57.0 Å². The van der Waals surface area contributed by atoms with E-state index < -0.39 is 10.0 Å². The van der Waals surface area contributed by atoms with Gasteiger partial charge in [-0.1, -0.05) is 0 Å². The number of hydrogen-bond donors (Lipinski definition) is 1. The van der Waals surface area contributed by atoms with E-state index in [1.807, 2.05) is 24.6 Å². The van der Waals surface area contributed by atoms with Gasteiger partial charge in [-0.25, -0.2) is 18.1 Å². The Balaban J connectivity index is 1.38. The van der Waals surface area contributed by atoms with E-state index in [1.165, 1.54) is 23.5 Å². The molecule has 10 heteroatoms. The lowest BCUT2D eigenvalue weighted by atomic mass is 9.97. The normalized spacial score (nSPS) is 15.9. The summed E-state index contributed by atoms with van der Waals surface area (Å²) in [6.07, 6.45) is 4.29. The Morgan fingerprint density at radius 2 is 1.84 bits per heavy atom. The van der Waals surface area contributed by atoms with Crippen molar-refractivity contribution in [2.24, 2.45) is 5.92 Å². The molecule has 1 amide bonds. The molecule has 1 aliphatic heterocycles. The van der Waals surface area contributed by atoms with Crippen LogP contribution in [0.1, 0.15) is 32.7 Å². The van der Waals surface area contributed by atoms with Crippen LogP contribution in [0.25, 0.3) is 11.0 Å². The number of rotatable bonds is 6. The maximum absolute atomic E-state index is 12.9. The molecule has 32 heavy (non-hydrogen) atoms. The fourth-order valence-corrected chi connectivity index (χ4v) is 5.36. The minimum absolute atomic E-state index is 0.121. The smallest absolute Gasteiger partial charge is 0.243 e. The van der Waals surface area contributed by atoms with Gasteiger partial charge in [-0.2, -0.15) is 9.40 Å². The second-order valence-electron chi connectivity index (χ2n) is 8.16. The summed E-state index contributed by atoms with van der Waals surface area (Å²) in [7, 11) is -2.06. The predicted molar refractivity (Wildman–Crippen MR) is 121 cm³/mol. The number of hydrogen-bond acceptors (Lipinski definition) is 6. The molecule has 1 N–H and O–H groups in total. The fraction of sp³-hybridized carbons (Fsp3) is 0.409. The maximum Gasteiger partial charge on any atom is 0.243 e. The third kappa shape index (κ3) is 4.33. The molecule has 9 nitrogen and oxygen atoms in total. The third-order valence-corrected chi connectivity index (χ3v) is 7.62. The molecule has 0 saturated carbocycles. The van der Waals surface area contributed by atoms with Crippen LogP contribution in [0.3, 0.4) is 0 Å².